The zero-order chi connectivity index (χ0) is 13.2. The number of rotatable bonds is 5. The van der Waals surface area contributed by atoms with Gasteiger partial charge in [-0.3, -0.25) is 0 Å². The summed E-state index contributed by atoms with van der Waals surface area (Å²) in [5, 5.41) is 3.38. The highest BCUT2D eigenvalue weighted by atomic mass is 16.5. The topological polar surface area (TPSA) is 82.3 Å². The molecule has 19 heavy (non-hydrogen) atoms. The van der Waals surface area contributed by atoms with E-state index in [4.69, 9.17) is 15.2 Å². The van der Waals surface area contributed by atoms with E-state index in [2.05, 4.69) is 15.3 Å². The molecule has 3 atom stereocenters. The number of anilines is 2. The van der Waals surface area contributed by atoms with Crippen LogP contribution in [0.25, 0.3) is 0 Å². The van der Waals surface area contributed by atoms with Crippen LogP contribution in [0.3, 0.4) is 0 Å². The zero-order valence-corrected chi connectivity index (χ0v) is 11.1. The lowest BCUT2D eigenvalue weighted by Crippen LogP contribution is -2.31. The van der Waals surface area contributed by atoms with Crippen molar-refractivity contribution < 1.29 is 9.47 Å². The second kappa shape index (κ2) is 5.21. The van der Waals surface area contributed by atoms with Gasteiger partial charge in [0.15, 0.2) is 5.82 Å². The molecule has 6 heteroatoms. The first-order valence-electron chi connectivity index (χ1n) is 6.93. The van der Waals surface area contributed by atoms with Crippen LogP contribution in [0.1, 0.15) is 32.6 Å². The molecular weight excluding hydrogens is 244 g/mol. The quantitative estimate of drug-likeness (QED) is 0.840. The minimum atomic E-state index is 0.291. The molecule has 0 spiro atoms. The maximum Gasteiger partial charge on any atom is 0.242 e. The molecule has 0 aromatic carbocycles. The van der Waals surface area contributed by atoms with Gasteiger partial charge in [0.25, 0.3) is 0 Å². The SMILES string of the molecule is CCCOc1ncnc(NC2CC3CCC2O3)c1N. The fraction of sp³-hybridized carbons (Fsp3) is 0.692. The minimum absolute atomic E-state index is 0.291. The summed E-state index contributed by atoms with van der Waals surface area (Å²) in [7, 11) is 0. The lowest BCUT2D eigenvalue weighted by molar-refractivity contribution is 0.102. The third-order valence-electron chi connectivity index (χ3n) is 3.72. The third kappa shape index (κ3) is 2.45. The highest BCUT2D eigenvalue weighted by Gasteiger charge is 2.41. The zero-order valence-electron chi connectivity index (χ0n) is 11.1. The highest BCUT2D eigenvalue weighted by Crippen LogP contribution is 2.37. The molecule has 3 rings (SSSR count). The van der Waals surface area contributed by atoms with Crippen LogP contribution < -0.4 is 15.8 Å². The Morgan fingerprint density at radius 2 is 2.37 bits per heavy atom. The summed E-state index contributed by atoms with van der Waals surface area (Å²) < 4.78 is 11.3. The molecule has 3 heterocycles. The van der Waals surface area contributed by atoms with Crippen molar-refractivity contribution in [2.45, 2.75) is 50.9 Å². The second-order valence-corrected chi connectivity index (χ2v) is 5.15. The molecule has 3 N–H and O–H groups in total. The van der Waals surface area contributed by atoms with Gasteiger partial charge in [-0.25, -0.2) is 4.98 Å². The van der Waals surface area contributed by atoms with E-state index in [1.54, 1.807) is 0 Å². The molecule has 2 aliphatic rings. The highest BCUT2D eigenvalue weighted by molar-refractivity contribution is 5.66. The largest absolute Gasteiger partial charge is 0.476 e. The Morgan fingerprint density at radius 1 is 1.47 bits per heavy atom. The van der Waals surface area contributed by atoms with Crippen LogP contribution in [0.4, 0.5) is 11.5 Å². The smallest absolute Gasteiger partial charge is 0.242 e. The van der Waals surface area contributed by atoms with Gasteiger partial charge in [0.1, 0.15) is 12.0 Å². The lowest BCUT2D eigenvalue weighted by atomic mass is 9.95. The number of nitrogens with one attached hydrogen (secondary N) is 1. The Hall–Kier alpha value is -1.56. The van der Waals surface area contributed by atoms with Crippen LogP contribution in [0.2, 0.25) is 0 Å². The molecule has 1 aromatic heterocycles. The van der Waals surface area contributed by atoms with Gasteiger partial charge in [0.2, 0.25) is 5.88 Å². The van der Waals surface area contributed by atoms with E-state index in [1.165, 1.54) is 12.7 Å². The molecule has 0 radical (unpaired) electrons. The summed E-state index contributed by atoms with van der Waals surface area (Å²) in [5.41, 5.74) is 6.53. The summed E-state index contributed by atoms with van der Waals surface area (Å²) in [4.78, 5) is 8.28. The Kier molecular flexibility index (Phi) is 3.42. The number of nitrogens with zero attached hydrogens (tertiary/aromatic N) is 2. The monoisotopic (exact) mass is 264 g/mol. The van der Waals surface area contributed by atoms with E-state index in [1.807, 2.05) is 6.92 Å². The summed E-state index contributed by atoms with van der Waals surface area (Å²) >= 11 is 0. The molecular formula is C13H20N4O2. The summed E-state index contributed by atoms with van der Waals surface area (Å²) in [6.07, 6.45) is 6.42. The number of fused-ring (bicyclic) bond motifs is 2. The molecule has 1 aromatic rings. The normalized spacial score (nSPS) is 28.6. The first kappa shape index (κ1) is 12.5. The molecule has 3 unspecified atom stereocenters. The van der Waals surface area contributed by atoms with Gasteiger partial charge in [0, 0.05) is 0 Å². The first-order valence-corrected chi connectivity index (χ1v) is 6.93. The lowest BCUT2D eigenvalue weighted by Gasteiger charge is -2.21. The fourth-order valence-electron chi connectivity index (χ4n) is 2.77. The first-order chi connectivity index (χ1) is 9.28. The number of nitrogens with two attached hydrogens (primary N) is 1. The van der Waals surface area contributed by atoms with Crippen LogP contribution in [0.15, 0.2) is 6.33 Å². The average Bonchev–Trinajstić information content (AvgIpc) is 3.02. The van der Waals surface area contributed by atoms with Crippen molar-refractivity contribution in [1.29, 1.82) is 0 Å². The van der Waals surface area contributed by atoms with Crippen molar-refractivity contribution in [2.24, 2.45) is 0 Å². The maximum atomic E-state index is 6.05. The molecule has 2 bridgehead atoms. The van der Waals surface area contributed by atoms with Crippen molar-refractivity contribution >= 4 is 11.5 Å². The van der Waals surface area contributed by atoms with E-state index in [0.717, 1.165) is 19.3 Å². The Morgan fingerprint density at radius 3 is 3.05 bits per heavy atom. The van der Waals surface area contributed by atoms with E-state index in [0.29, 0.717) is 42.2 Å². The second-order valence-electron chi connectivity index (χ2n) is 5.15. The van der Waals surface area contributed by atoms with Gasteiger partial charge < -0.3 is 20.5 Å². The van der Waals surface area contributed by atoms with Gasteiger partial charge >= 0.3 is 0 Å². The van der Waals surface area contributed by atoms with E-state index in [9.17, 15) is 0 Å². The van der Waals surface area contributed by atoms with Crippen LogP contribution in [0.5, 0.6) is 5.88 Å². The Labute approximate surface area is 112 Å². The number of aromatic nitrogens is 2. The number of nitrogen functional groups attached to an aromatic ring is 1. The van der Waals surface area contributed by atoms with Crippen molar-refractivity contribution in [2.75, 3.05) is 17.7 Å². The van der Waals surface area contributed by atoms with Gasteiger partial charge in [-0.1, -0.05) is 6.92 Å². The molecule has 2 fully saturated rings. The molecule has 0 amide bonds. The fourth-order valence-corrected chi connectivity index (χ4v) is 2.77. The number of ether oxygens (including phenoxy) is 2. The standard InChI is InChI=1S/C13H20N4O2/c1-2-5-18-13-11(14)12(15-7-16-13)17-9-6-8-3-4-10(9)19-8/h7-10H,2-6,14H2,1H3,(H,15,16,17). The molecule has 6 nitrogen and oxygen atoms in total. The van der Waals surface area contributed by atoms with E-state index in [-0.39, 0.29) is 0 Å². The van der Waals surface area contributed by atoms with Gasteiger partial charge in [0.05, 0.1) is 24.9 Å². The average molecular weight is 264 g/mol. The van der Waals surface area contributed by atoms with E-state index >= 15 is 0 Å². The molecule has 2 aliphatic heterocycles. The van der Waals surface area contributed by atoms with Gasteiger partial charge in [-0.05, 0) is 25.7 Å². The van der Waals surface area contributed by atoms with Crippen LogP contribution in [-0.2, 0) is 4.74 Å². The molecule has 0 saturated carbocycles. The molecule has 2 saturated heterocycles. The van der Waals surface area contributed by atoms with Crippen molar-refractivity contribution in [1.82, 2.24) is 9.97 Å². The summed E-state index contributed by atoms with van der Waals surface area (Å²) in [6.45, 7) is 2.65. The van der Waals surface area contributed by atoms with Crippen molar-refractivity contribution in [3.63, 3.8) is 0 Å². The molecule has 0 aliphatic carbocycles. The summed E-state index contributed by atoms with van der Waals surface area (Å²) in [6, 6.07) is 0.301. The minimum Gasteiger partial charge on any atom is -0.476 e. The third-order valence-corrected chi connectivity index (χ3v) is 3.72. The number of hydrogen-bond acceptors (Lipinski definition) is 6. The van der Waals surface area contributed by atoms with Crippen molar-refractivity contribution in [3.8, 4) is 5.88 Å². The van der Waals surface area contributed by atoms with E-state index < -0.39 is 0 Å². The predicted octanol–water partition coefficient (Wildman–Crippen LogP) is 1.58. The Balaban J connectivity index is 1.70. The summed E-state index contributed by atoms with van der Waals surface area (Å²) in [5.74, 6) is 1.12. The predicted molar refractivity (Wildman–Crippen MR) is 72.2 cm³/mol. The molecule has 104 valence electrons. The van der Waals surface area contributed by atoms with Crippen LogP contribution in [-0.4, -0.2) is 34.8 Å². The van der Waals surface area contributed by atoms with Crippen molar-refractivity contribution in [3.05, 3.63) is 6.33 Å². The number of hydrogen-bond donors (Lipinski definition) is 2. The Bertz CT molecular complexity index is 454. The van der Waals surface area contributed by atoms with Crippen LogP contribution >= 0.6 is 0 Å². The maximum absolute atomic E-state index is 6.05. The van der Waals surface area contributed by atoms with Crippen LogP contribution in [0, 0.1) is 0 Å². The van der Waals surface area contributed by atoms with Gasteiger partial charge in [-0.15, -0.1) is 0 Å². The van der Waals surface area contributed by atoms with Gasteiger partial charge in [-0.2, -0.15) is 4.98 Å².